The summed E-state index contributed by atoms with van der Waals surface area (Å²) in [5.74, 6) is -0.440. The molecule has 2 amide bonds. The molecule has 0 radical (unpaired) electrons. The number of halogens is 1. The highest BCUT2D eigenvalue weighted by Crippen LogP contribution is 2.21. The minimum atomic E-state index is -0.248. The van der Waals surface area contributed by atoms with E-state index in [9.17, 15) is 9.59 Å². The number of hydrogen-bond donors (Lipinski definition) is 1. The first-order valence-electron chi connectivity index (χ1n) is 7.45. The molecule has 0 aliphatic carbocycles. The van der Waals surface area contributed by atoms with E-state index in [1.807, 2.05) is 49.3 Å². The lowest BCUT2D eigenvalue weighted by Gasteiger charge is -2.18. The van der Waals surface area contributed by atoms with Crippen molar-refractivity contribution in [3.05, 3.63) is 58.6 Å². The van der Waals surface area contributed by atoms with Gasteiger partial charge in [0.15, 0.2) is 0 Å². The van der Waals surface area contributed by atoms with Crippen molar-refractivity contribution in [2.24, 2.45) is 0 Å². The van der Waals surface area contributed by atoms with E-state index in [0.29, 0.717) is 11.3 Å². The number of carbonyl (C=O) groups excluding carboxylic acids is 2. The zero-order valence-corrected chi connectivity index (χ0v) is 15.5. The summed E-state index contributed by atoms with van der Waals surface area (Å²) in [5, 5.41) is 2.79. The lowest BCUT2D eigenvalue weighted by molar-refractivity contribution is -0.116. The van der Waals surface area contributed by atoms with Crippen LogP contribution in [0.3, 0.4) is 0 Å². The Bertz CT molecular complexity index is 729. The van der Waals surface area contributed by atoms with Gasteiger partial charge in [-0.25, -0.2) is 0 Å². The number of nitrogens with zero attached hydrogens (tertiary/aromatic N) is 2. The molecule has 0 aromatic heterocycles. The fourth-order valence-corrected chi connectivity index (χ4v) is 2.55. The van der Waals surface area contributed by atoms with Crippen LogP contribution < -0.4 is 10.2 Å². The Labute approximate surface area is 150 Å². The summed E-state index contributed by atoms with van der Waals surface area (Å²) in [5.41, 5.74) is 2.25. The van der Waals surface area contributed by atoms with Gasteiger partial charge in [0.05, 0.1) is 12.2 Å². The SMILES string of the molecule is CN(CC(=O)Nc1ccccc1Br)C(=O)c1ccc(N(C)C)cc1. The van der Waals surface area contributed by atoms with Crippen molar-refractivity contribution in [2.45, 2.75) is 0 Å². The third-order valence-electron chi connectivity index (χ3n) is 3.51. The van der Waals surface area contributed by atoms with Crippen LogP contribution in [0.5, 0.6) is 0 Å². The first kappa shape index (κ1) is 18.0. The van der Waals surface area contributed by atoms with Gasteiger partial charge in [-0.05, 0) is 52.3 Å². The third-order valence-corrected chi connectivity index (χ3v) is 4.20. The molecule has 126 valence electrons. The molecule has 0 bridgehead atoms. The maximum atomic E-state index is 12.4. The van der Waals surface area contributed by atoms with Gasteiger partial charge in [-0.3, -0.25) is 9.59 Å². The van der Waals surface area contributed by atoms with Crippen LogP contribution >= 0.6 is 15.9 Å². The lowest BCUT2D eigenvalue weighted by Crippen LogP contribution is -2.35. The van der Waals surface area contributed by atoms with E-state index in [1.165, 1.54) is 4.90 Å². The highest BCUT2D eigenvalue weighted by molar-refractivity contribution is 9.10. The summed E-state index contributed by atoms with van der Waals surface area (Å²) >= 11 is 3.38. The van der Waals surface area contributed by atoms with E-state index in [2.05, 4.69) is 21.2 Å². The Morgan fingerprint density at radius 2 is 1.62 bits per heavy atom. The Hall–Kier alpha value is -2.34. The van der Waals surface area contributed by atoms with Gasteiger partial charge in [0.1, 0.15) is 0 Å². The molecule has 2 rings (SSSR count). The molecule has 0 atom stereocenters. The van der Waals surface area contributed by atoms with Gasteiger partial charge in [-0.2, -0.15) is 0 Å². The molecule has 0 aliphatic heterocycles. The molecule has 6 heteroatoms. The summed E-state index contributed by atoms with van der Waals surface area (Å²) in [6.07, 6.45) is 0. The minimum absolute atomic E-state index is 0.0183. The first-order chi connectivity index (χ1) is 11.4. The van der Waals surface area contributed by atoms with Crippen molar-refractivity contribution in [1.82, 2.24) is 4.90 Å². The Morgan fingerprint density at radius 3 is 2.21 bits per heavy atom. The molecule has 0 fully saturated rings. The summed E-state index contributed by atoms with van der Waals surface area (Å²) < 4.78 is 0.798. The number of benzene rings is 2. The van der Waals surface area contributed by atoms with Gasteiger partial charge in [0, 0.05) is 36.9 Å². The van der Waals surface area contributed by atoms with Crippen LogP contribution in [-0.2, 0) is 4.79 Å². The molecule has 0 heterocycles. The van der Waals surface area contributed by atoms with E-state index in [0.717, 1.165) is 10.2 Å². The van der Waals surface area contributed by atoms with Crippen molar-refractivity contribution in [2.75, 3.05) is 37.9 Å². The van der Waals surface area contributed by atoms with Crippen LogP contribution in [0.4, 0.5) is 11.4 Å². The van der Waals surface area contributed by atoms with Crippen LogP contribution in [0.25, 0.3) is 0 Å². The van der Waals surface area contributed by atoms with E-state index in [4.69, 9.17) is 0 Å². The van der Waals surface area contributed by atoms with Crippen molar-refractivity contribution >= 4 is 39.1 Å². The van der Waals surface area contributed by atoms with Gasteiger partial charge in [-0.1, -0.05) is 12.1 Å². The maximum absolute atomic E-state index is 12.4. The van der Waals surface area contributed by atoms with Crippen LogP contribution in [0.2, 0.25) is 0 Å². The molecular formula is C18H20BrN3O2. The number of rotatable bonds is 5. The highest BCUT2D eigenvalue weighted by atomic mass is 79.9. The fourth-order valence-electron chi connectivity index (χ4n) is 2.16. The zero-order valence-electron chi connectivity index (χ0n) is 13.9. The van der Waals surface area contributed by atoms with Crippen LogP contribution in [0.1, 0.15) is 10.4 Å². The van der Waals surface area contributed by atoms with Crippen LogP contribution in [0, 0.1) is 0 Å². The summed E-state index contributed by atoms with van der Waals surface area (Å²) in [7, 11) is 5.49. The number of nitrogens with one attached hydrogen (secondary N) is 1. The standard InChI is InChI=1S/C18H20BrN3O2/c1-21(2)14-10-8-13(9-11-14)18(24)22(3)12-17(23)20-16-7-5-4-6-15(16)19/h4-11H,12H2,1-3H3,(H,20,23). The second-order valence-corrected chi connectivity index (χ2v) is 6.48. The highest BCUT2D eigenvalue weighted by Gasteiger charge is 2.15. The molecule has 2 aromatic rings. The predicted octanol–water partition coefficient (Wildman–Crippen LogP) is 3.23. The van der Waals surface area contributed by atoms with Gasteiger partial charge in [-0.15, -0.1) is 0 Å². The number of para-hydroxylation sites is 1. The van der Waals surface area contributed by atoms with Crippen molar-refractivity contribution in [1.29, 1.82) is 0 Å². The normalized spacial score (nSPS) is 10.2. The number of carbonyl (C=O) groups is 2. The average Bonchev–Trinajstić information content (AvgIpc) is 2.56. The van der Waals surface area contributed by atoms with Gasteiger partial charge in [0.2, 0.25) is 5.91 Å². The smallest absolute Gasteiger partial charge is 0.254 e. The van der Waals surface area contributed by atoms with Crippen molar-refractivity contribution in [3.8, 4) is 0 Å². The monoisotopic (exact) mass is 389 g/mol. The van der Waals surface area contributed by atoms with Crippen LogP contribution in [0.15, 0.2) is 53.0 Å². The first-order valence-corrected chi connectivity index (χ1v) is 8.25. The molecule has 0 unspecified atom stereocenters. The van der Waals surface area contributed by atoms with Gasteiger partial charge >= 0.3 is 0 Å². The maximum Gasteiger partial charge on any atom is 0.254 e. The molecule has 0 saturated carbocycles. The average molecular weight is 390 g/mol. The molecule has 1 N–H and O–H groups in total. The largest absolute Gasteiger partial charge is 0.378 e. The summed E-state index contributed by atoms with van der Waals surface area (Å²) in [6, 6.07) is 14.6. The summed E-state index contributed by atoms with van der Waals surface area (Å²) in [4.78, 5) is 27.9. The van der Waals surface area contributed by atoms with E-state index in [-0.39, 0.29) is 18.4 Å². The Kier molecular flexibility index (Phi) is 5.98. The van der Waals surface area contributed by atoms with E-state index in [1.54, 1.807) is 25.2 Å². The number of amides is 2. The molecule has 2 aromatic carbocycles. The molecule has 0 saturated heterocycles. The third kappa shape index (κ3) is 4.58. The number of likely N-dealkylation sites (N-methyl/N-ethyl adjacent to an activating group) is 1. The quantitative estimate of drug-likeness (QED) is 0.853. The van der Waals surface area contributed by atoms with Crippen LogP contribution in [-0.4, -0.2) is 44.4 Å². The second kappa shape index (κ2) is 7.97. The lowest BCUT2D eigenvalue weighted by atomic mass is 10.2. The topological polar surface area (TPSA) is 52.7 Å². The number of anilines is 2. The van der Waals surface area contributed by atoms with Gasteiger partial charge in [0.25, 0.3) is 5.91 Å². The molecule has 24 heavy (non-hydrogen) atoms. The number of hydrogen-bond acceptors (Lipinski definition) is 3. The van der Waals surface area contributed by atoms with Gasteiger partial charge < -0.3 is 15.1 Å². The second-order valence-electron chi connectivity index (χ2n) is 5.63. The Balaban J connectivity index is 1.98. The molecule has 0 spiro atoms. The zero-order chi connectivity index (χ0) is 17.7. The molecule has 5 nitrogen and oxygen atoms in total. The summed E-state index contributed by atoms with van der Waals surface area (Å²) in [6.45, 7) is -0.0183. The minimum Gasteiger partial charge on any atom is -0.378 e. The van der Waals surface area contributed by atoms with E-state index < -0.39 is 0 Å². The van der Waals surface area contributed by atoms with Crippen molar-refractivity contribution in [3.63, 3.8) is 0 Å². The van der Waals surface area contributed by atoms with E-state index >= 15 is 0 Å². The molecule has 0 aliphatic rings. The Morgan fingerprint density at radius 1 is 1.00 bits per heavy atom. The van der Waals surface area contributed by atoms with Crippen molar-refractivity contribution < 1.29 is 9.59 Å². The predicted molar refractivity (Wildman–Crippen MR) is 101 cm³/mol. The fraction of sp³-hybridized carbons (Fsp3) is 0.222. The molecular weight excluding hydrogens is 370 g/mol.